The summed E-state index contributed by atoms with van der Waals surface area (Å²) in [4.78, 5) is 36.3. The van der Waals surface area contributed by atoms with Crippen molar-refractivity contribution in [1.82, 2.24) is 10.2 Å². The molecule has 1 aliphatic rings. The van der Waals surface area contributed by atoms with E-state index in [1.807, 2.05) is 19.1 Å². The van der Waals surface area contributed by atoms with Gasteiger partial charge >= 0.3 is 5.97 Å². The molecule has 0 radical (unpaired) electrons. The van der Waals surface area contributed by atoms with Gasteiger partial charge in [-0.05, 0) is 19.1 Å². The molecule has 0 unspecified atom stereocenters. The molecule has 0 spiro atoms. The molecular weight excluding hydrogens is 286 g/mol. The fraction of sp³-hybridized carbons (Fsp3) is 0.400. The van der Waals surface area contributed by atoms with E-state index in [0.29, 0.717) is 5.56 Å². The van der Waals surface area contributed by atoms with E-state index in [2.05, 4.69) is 5.32 Å². The molecule has 2 rings (SSSR count). The van der Waals surface area contributed by atoms with E-state index in [1.165, 1.54) is 4.90 Å². The van der Waals surface area contributed by atoms with Crippen molar-refractivity contribution in [3.63, 3.8) is 0 Å². The zero-order chi connectivity index (χ0) is 16.3. The van der Waals surface area contributed by atoms with Crippen LogP contribution in [0.3, 0.4) is 0 Å². The van der Waals surface area contributed by atoms with Crippen LogP contribution in [0.15, 0.2) is 24.3 Å². The number of nitrogens with two attached hydrogens (primary N) is 1. The number of nitrogens with zero attached hydrogens (tertiary/aromatic N) is 1. The van der Waals surface area contributed by atoms with Crippen LogP contribution in [-0.2, 0) is 9.59 Å². The molecule has 22 heavy (non-hydrogen) atoms. The number of carbonyl (C=O) groups excluding carboxylic acids is 2. The number of benzene rings is 1. The standard InChI is InChI=1S/C15H19N3O4/c1-9-2-4-10(5-3-9)14(20)17-11-6-12(15(21)22)18(8-11)13(19)7-16/h2-5,11-12H,6-8,16H2,1H3,(H,17,20)(H,21,22)/t11-,12-/m0/s1. The average Bonchev–Trinajstić information content (AvgIpc) is 2.91. The summed E-state index contributed by atoms with van der Waals surface area (Å²) in [5, 5.41) is 12.0. The molecule has 1 fully saturated rings. The molecular formula is C15H19N3O4. The van der Waals surface area contributed by atoms with Gasteiger partial charge < -0.3 is 21.1 Å². The lowest BCUT2D eigenvalue weighted by Crippen LogP contribution is -2.44. The van der Waals surface area contributed by atoms with E-state index in [0.717, 1.165) is 5.56 Å². The number of carboxylic acids is 1. The first-order valence-corrected chi connectivity index (χ1v) is 7.02. The molecule has 0 aliphatic carbocycles. The van der Waals surface area contributed by atoms with Gasteiger partial charge in [0.1, 0.15) is 6.04 Å². The molecule has 0 bridgehead atoms. The van der Waals surface area contributed by atoms with E-state index < -0.39 is 24.0 Å². The number of hydrogen-bond donors (Lipinski definition) is 3. The molecule has 0 aromatic heterocycles. The van der Waals surface area contributed by atoms with Crippen LogP contribution in [0.5, 0.6) is 0 Å². The summed E-state index contributed by atoms with van der Waals surface area (Å²) in [6, 6.07) is 5.72. The van der Waals surface area contributed by atoms with Gasteiger partial charge in [-0.25, -0.2) is 4.79 Å². The molecule has 1 aromatic rings. The molecule has 0 saturated carbocycles. The van der Waals surface area contributed by atoms with Crippen molar-refractivity contribution in [3.8, 4) is 0 Å². The molecule has 7 heteroatoms. The predicted molar refractivity (Wildman–Crippen MR) is 79.2 cm³/mol. The first kappa shape index (κ1) is 16.0. The molecule has 1 heterocycles. The topological polar surface area (TPSA) is 113 Å². The number of aryl methyl sites for hydroxylation is 1. The van der Waals surface area contributed by atoms with Crippen LogP contribution in [0, 0.1) is 6.92 Å². The second-order valence-electron chi connectivity index (χ2n) is 5.38. The number of likely N-dealkylation sites (tertiary alicyclic amines) is 1. The Labute approximate surface area is 128 Å². The second kappa shape index (κ2) is 6.57. The summed E-state index contributed by atoms with van der Waals surface area (Å²) in [6.45, 7) is 1.83. The van der Waals surface area contributed by atoms with Gasteiger partial charge in [0.25, 0.3) is 5.91 Å². The summed E-state index contributed by atoms with van der Waals surface area (Å²) in [6.07, 6.45) is 0.179. The van der Waals surface area contributed by atoms with Crippen molar-refractivity contribution in [2.45, 2.75) is 25.4 Å². The second-order valence-corrected chi connectivity index (χ2v) is 5.38. The first-order chi connectivity index (χ1) is 10.4. The maximum Gasteiger partial charge on any atom is 0.326 e. The van der Waals surface area contributed by atoms with Gasteiger partial charge in [-0.3, -0.25) is 9.59 Å². The monoisotopic (exact) mass is 305 g/mol. The minimum Gasteiger partial charge on any atom is -0.480 e. The number of amides is 2. The fourth-order valence-electron chi connectivity index (χ4n) is 2.54. The third-order valence-electron chi connectivity index (χ3n) is 3.73. The van der Waals surface area contributed by atoms with Crippen LogP contribution in [0.1, 0.15) is 22.3 Å². The highest BCUT2D eigenvalue weighted by Crippen LogP contribution is 2.19. The Bertz CT molecular complexity index is 585. The Morgan fingerprint density at radius 2 is 1.95 bits per heavy atom. The number of rotatable bonds is 4. The number of hydrogen-bond acceptors (Lipinski definition) is 4. The maximum absolute atomic E-state index is 12.1. The predicted octanol–water partition coefficient (Wildman–Crippen LogP) is -0.262. The average molecular weight is 305 g/mol. The molecule has 1 aliphatic heterocycles. The SMILES string of the molecule is Cc1ccc(C(=O)N[C@H]2C[C@@H](C(=O)O)N(C(=O)CN)C2)cc1. The van der Waals surface area contributed by atoms with Crippen molar-refractivity contribution >= 4 is 17.8 Å². The molecule has 7 nitrogen and oxygen atoms in total. The lowest BCUT2D eigenvalue weighted by molar-refractivity contribution is -0.147. The Morgan fingerprint density at radius 1 is 1.32 bits per heavy atom. The first-order valence-electron chi connectivity index (χ1n) is 7.02. The minimum atomic E-state index is -1.09. The number of carboxylic acid groups (broad SMARTS) is 1. The van der Waals surface area contributed by atoms with Crippen molar-refractivity contribution in [3.05, 3.63) is 35.4 Å². The van der Waals surface area contributed by atoms with E-state index in [-0.39, 0.29) is 25.4 Å². The number of aliphatic carboxylic acids is 1. The Balaban J connectivity index is 2.04. The van der Waals surface area contributed by atoms with E-state index in [9.17, 15) is 19.5 Å². The van der Waals surface area contributed by atoms with Crippen LogP contribution in [0.2, 0.25) is 0 Å². The zero-order valence-corrected chi connectivity index (χ0v) is 12.3. The summed E-state index contributed by atoms with van der Waals surface area (Å²) in [5.41, 5.74) is 6.84. The van der Waals surface area contributed by atoms with Gasteiger partial charge in [-0.1, -0.05) is 17.7 Å². The molecule has 2 amide bonds. The molecule has 4 N–H and O–H groups in total. The van der Waals surface area contributed by atoms with E-state index >= 15 is 0 Å². The van der Waals surface area contributed by atoms with Gasteiger partial charge in [-0.2, -0.15) is 0 Å². The normalized spacial score (nSPS) is 20.7. The molecule has 1 saturated heterocycles. The van der Waals surface area contributed by atoms with Crippen LogP contribution < -0.4 is 11.1 Å². The molecule has 2 atom stereocenters. The van der Waals surface area contributed by atoms with Gasteiger partial charge in [-0.15, -0.1) is 0 Å². The van der Waals surface area contributed by atoms with Crippen LogP contribution >= 0.6 is 0 Å². The summed E-state index contributed by atoms with van der Waals surface area (Å²) in [7, 11) is 0. The Hall–Kier alpha value is -2.41. The Morgan fingerprint density at radius 3 is 2.50 bits per heavy atom. The third kappa shape index (κ3) is 3.43. The van der Waals surface area contributed by atoms with Crippen molar-refractivity contribution in [2.24, 2.45) is 5.73 Å². The largest absolute Gasteiger partial charge is 0.480 e. The highest BCUT2D eigenvalue weighted by atomic mass is 16.4. The van der Waals surface area contributed by atoms with Crippen molar-refractivity contribution < 1.29 is 19.5 Å². The van der Waals surface area contributed by atoms with Crippen molar-refractivity contribution in [1.29, 1.82) is 0 Å². The third-order valence-corrected chi connectivity index (χ3v) is 3.73. The Kier molecular flexibility index (Phi) is 4.77. The van der Waals surface area contributed by atoms with Crippen LogP contribution in [-0.4, -0.2) is 53.0 Å². The van der Waals surface area contributed by atoms with E-state index in [1.54, 1.807) is 12.1 Å². The van der Waals surface area contributed by atoms with Crippen LogP contribution in [0.4, 0.5) is 0 Å². The fourth-order valence-corrected chi connectivity index (χ4v) is 2.54. The van der Waals surface area contributed by atoms with Crippen molar-refractivity contribution in [2.75, 3.05) is 13.1 Å². The van der Waals surface area contributed by atoms with E-state index in [4.69, 9.17) is 5.73 Å². The molecule has 118 valence electrons. The highest BCUT2D eigenvalue weighted by molar-refractivity contribution is 5.94. The van der Waals surface area contributed by atoms with Gasteiger partial charge in [0.2, 0.25) is 5.91 Å². The minimum absolute atomic E-state index is 0.157. The lowest BCUT2D eigenvalue weighted by Gasteiger charge is -2.20. The van der Waals surface area contributed by atoms with Crippen LogP contribution in [0.25, 0.3) is 0 Å². The maximum atomic E-state index is 12.1. The lowest BCUT2D eigenvalue weighted by atomic mass is 10.1. The summed E-state index contributed by atoms with van der Waals surface area (Å²) < 4.78 is 0. The highest BCUT2D eigenvalue weighted by Gasteiger charge is 2.39. The van der Waals surface area contributed by atoms with Gasteiger partial charge in [0.15, 0.2) is 0 Å². The smallest absolute Gasteiger partial charge is 0.326 e. The molecule has 1 aromatic carbocycles. The van der Waals surface area contributed by atoms with Gasteiger partial charge in [0, 0.05) is 24.6 Å². The number of carbonyl (C=O) groups is 3. The summed E-state index contributed by atoms with van der Waals surface area (Å²) in [5.74, 6) is -1.80. The zero-order valence-electron chi connectivity index (χ0n) is 12.3. The number of nitrogens with one attached hydrogen (secondary N) is 1. The quantitative estimate of drug-likeness (QED) is 0.709. The summed E-state index contributed by atoms with van der Waals surface area (Å²) >= 11 is 0. The van der Waals surface area contributed by atoms with Gasteiger partial charge in [0.05, 0.1) is 6.54 Å².